The molecule has 0 amide bonds. The van der Waals surface area contributed by atoms with Crippen LogP contribution in [0.4, 0.5) is 5.69 Å². The molecule has 0 saturated heterocycles. The second kappa shape index (κ2) is 5.63. The minimum atomic E-state index is -0.426. The third-order valence-corrected chi connectivity index (χ3v) is 2.07. The van der Waals surface area contributed by atoms with Gasteiger partial charge < -0.3 is 10.1 Å². The number of ether oxygens (including phenoxy) is 1. The molecule has 0 aliphatic rings. The van der Waals surface area contributed by atoms with E-state index in [1.54, 1.807) is 12.1 Å². The van der Waals surface area contributed by atoms with E-state index >= 15 is 0 Å². The number of nitrogens with zero attached hydrogens (tertiary/aromatic N) is 1. The van der Waals surface area contributed by atoms with Gasteiger partial charge in [-0.2, -0.15) is 0 Å². The number of nitrogens with one attached hydrogen (secondary N) is 1. The summed E-state index contributed by atoms with van der Waals surface area (Å²) in [6, 6.07) is 6.09. The van der Waals surface area contributed by atoms with Gasteiger partial charge in [0.15, 0.2) is 0 Å². The second-order valence-corrected chi connectivity index (χ2v) is 4.78. The zero-order valence-electron chi connectivity index (χ0n) is 10.4. The zero-order valence-corrected chi connectivity index (χ0v) is 10.4. The summed E-state index contributed by atoms with van der Waals surface area (Å²) in [5.74, 6) is 0.645. The molecule has 94 valence electrons. The first-order chi connectivity index (χ1) is 7.88. The van der Waals surface area contributed by atoms with E-state index in [1.165, 1.54) is 12.1 Å². The lowest BCUT2D eigenvalue weighted by molar-refractivity contribution is -0.384. The Bertz CT molecular complexity index is 368. The highest BCUT2D eigenvalue weighted by Crippen LogP contribution is 2.16. The zero-order chi connectivity index (χ0) is 12.9. The molecule has 0 fully saturated rings. The van der Waals surface area contributed by atoms with Crippen molar-refractivity contribution in [2.24, 2.45) is 0 Å². The number of benzene rings is 1. The van der Waals surface area contributed by atoms with Crippen molar-refractivity contribution in [3.05, 3.63) is 34.4 Å². The number of nitro benzene ring substituents is 1. The molecule has 17 heavy (non-hydrogen) atoms. The molecular formula is C12H18N2O3. The maximum atomic E-state index is 10.4. The molecule has 0 spiro atoms. The Kier molecular flexibility index (Phi) is 4.45. The van der Waals surface area contributed by atoms with Crippen molar-refractivity contribution < 1.29 is 9.66 Å². The minimum Gasteiger partial charge on any atom is -0.492 e. The fraction of sp³-hybridized carbons (Fsp3) is 0.500. The standard InChI is InChI=1S/C12H18N2O3/c1-12(2,3)13-8-9-17-11-6-4-10(5-7-11)14(15)16/h4-7,13H,8-9H2,1-3H3. The predicted molar refractivity (Wildman–Crippen MR) is 66.3 cm³/mol. The molecule has 0 bridgehead atoms. The van der Waals surface area contributed by atoms with E-state index in [2.05, 4.69) is 26.1 Å². The van der Waals surface area contributed by atoms with Gasteiger partial charge in [-0.05, 0) is 32.9 Å². The van der Waals surface area contributed by atoms with Crippen molar-refractivity contribution in [3.63, 3.8) is 0 Å². The highest BCUT2D eigenvalue weighted by Gasteiger charge is 2.08. The molecule has 1 aromatic rings. The van der Waals surface area contributed by atoms with Gasteiger partial charge in [0.1, 0.15) is 12.4 Å². The van der Waals surface area contributed by atoms with Crippen LogP contribution >= 0.6 is 0 Å². The minimum absolute atomic E-state index is 0.0683. The predicted octanol–water partition coefficient (Wildman–Crippen LogP) is 2.36. The van der Waals surface area contributed by atoms with Crippen LogP contribution in [0.2, 0.25) is 0 Å². The summed E-state index contributed by atoms with van der Waals surface area (Å²) in [5, 5.41) is 13.7. The molecular weight excluding hydrogens is 220 g/mol. The average Bonchev–Trinajstić information content (AvgIpc) is 2.24. The molecule has 1 N–H and O–H groups in total. The van der Waals surface area contributed by atoms with Gasteiger partial charge in [-0.1, -0.05) is 0 Å². The smallest absolute Gasteiger partial charge is 0.269 e. The van der Waals surface area contributed by atoms with Crippen LogP contribution in [0.15, 0.2) is 24.3 Å². The van der Waals surface area contributed by atoms with E-state index in [1.807, 2.05) is 0 Å². The maximum Gasteiger partial charge on any atom is 0.269 e. The summed E-state index contributed by atoms with van der Waals surface area (Å²) in [4.78, 5) is 10.0. The largest absolute Gasteiger partial charge is 0.492 e. The third-order valence-electron chi connectivity index (χ3n) is 2.07. The Balaban J connectivity index is 2.35. The number of hydrogen-bond acceptors (Lipinski definition) is 4. The number of non-ortho nitro benzene ring substituents is 1. The van der Waals surface area contributed by atoms with Gasteiger partial charge in [0, 0.05) is 24.2 Å². The first kappa shape index (κ1) is 13.4. The van der Waals surface area contributed by atoms with Crippen LogP contribution in [0.3, 0.4) is 0 Å². The summed E-state index contributed by atoms with van der Waals surface area (Å²) in [7, 11) is 0. The van der Waals surface area contributed by atoms with Gasteiger partial charge in [0.25, 0.3) is 5.69 Å². The molecule has 0 aromatic heterocycles. The van der Waals surface area contributed by atoms with E-state index in [0.717, 1.165) is 6.54 Å². The van der Waals surface area contributed by atoms with Crippen molar-refractivity contribution in [2.45, 2.75) is 26.3 Å². The van der Waals surface area contributed by atoms with Crippen LogP contribution in [0.25, 0.3) is 0 Å². The Morgan fingerprint density at radius 1 is 1.29 bits per heavy atom. The highest BCUT2D eigenvalue weighted by atomic mass is 16.6. The number of hydrogen-bond donors (Lipinski definition) is 1. The first-order valence-electron chi connectivity index (χ1n) is 5.51. The Hall–Kier alpha value is -1.62. The summed E-state index contributed by atoms with van der Waals surface area (Å²) >= 11 is 0. The molecule has 0 unspecified atom stereocenters. The van der Waals surface area contributed by atoms with Crippen LogP contribution in [0.5, 0.6) is 5.75 Å². The molecule has 5 nitrogen and oxygen atoms in total. The highest BCUT2D eigenvalue weighted by molar-refractivity contribution is 5.35. The molecule has 0 saturated carbocycles. The van der Waals surface area contributed by atoms with Crippen LogP contribution in [-0.2, 0) is 0 Å². The lowest BCUT2D eigenvalue weighted by atomic mass is 10.1. The molecule has 0 atom stereocenters. The van der Waals surface area contributed by atoms with E-state index in [0.29, 0.717) is 12.4 Å². The van der Waals surface area contributed by atoms with E-state index < -0.39 is 4.92 Å². The Labute approximate surface area is 101 Å². The molecule has 0 radical (unpaired) electrons. The second-order valence-electron chi connectivity index (χ2n) is 4.78. The SMILES string of the molecule is CC(C)(C)NCCOc1ccc([N+](=O)[O-])cc1. The lowest BCUT2D eigenvalue weighted by Crippen LogP contribution is -2.38. The fourth-order valence-corrected chi connectivity index (χ4v) is 1.26. The normalized spacial score (nSPS) is 11.2. The molecule has 5 heteroatoms. The van der Waals surface area contributed by atoms with E-state index in [9.17, 15) is 10.1 Å². The summed E-state index contributed by atoms with van der Waals surface area (Å²) < 4.78 is 5.45. The van der Waals surface area contributed by atoms with Gasteiger partial charge >= 0.3 is 0 Å². The summed E-state index contributed by atoms with van der Waals surface area (Å²) in [6.45, 7) is 7.52. The van der Waals surface area contributed by atoms with Crippen molar-refractivity contribution >= 4 is 5.69 Å². The van der Waals surface area contributed by atoms with Gasteiger partial charge in [-0.15, -0.1) is 0 Å². The summed E-state index contributed by atoms with van der Waals surface area (Å²) in [5.41, 5.74) is 0.143. The lowest BCUT2D eigenvalue weighted by Gasteiger charge is -2.20. The van der Waals surface area contributed by atoms with E-state index in [4.69, 9.17) is 4.74 Å². The average molecular weight is 238 g/mol. The van der Waals surface area contributed by atoms with Gasteiger partial charge in [-0.3, -0.25) is 10.1 Å². The monoisotopic (exact) mass is 238 g/mol. The van der Waals surface area contributed by atoms with Crippen LogP contribution in [-0.4, -0.2) is 23.6 Å². The number of rotatable bonds is 5. The Morgan fingerprint density at radius 2 is 1.88 bits per heavy atom. The van der Waals surface area contributed by atoms with Gasteiger partial charge in [0.2, 0.25) is 0 Å². The van der Waals surface area contributed by atoms with Crippen molar-refractivity contribution in [1.82, 2.24) is 5.32 Å². The van der Waals surface area contributed by atoms with E-state index in [-0.39, 0.29) is 11.2 Å². The maximum absolute atomic E-state index is 10.4. The van der Waals surface area contributed by atoms with Gasteiger partial charge in [0.05, 0.1) is 4.92 Å². The molecule has 0 heterocycles. The summed E-state index contributed by atoms with van der Waals surface area (Å²) in [6.07, 6.45) is 0. The van der Waals surface area contributed by atoms with Crippen molar-refractivity contribution in [3.8, 4) is 5.75 Å². The van der Waals surface area contributed by atoms with Crippen LogP contribution in [0.1, 0.15) is 20.8 Å². The fourth-order valence-electron chi connectivity index (χ4n) is 1.26. The quantitative estimate of drug-likeness (QED) is 0.486. The van der Waals surface area contributed by atoms with Crippen LogP contribution < -0.4 is 10.1 Å². The molecule has 0 aliphatic heterocycles. The van der Waals surface area contributed by atoms with Crippen molar-refractivity contribution in [2.75, 3.05) is 13.2 Å². The molecule has 0 aliphatic carbocycles. The Morgan fingerprint density at radius 3 is 2.35 bits per heavy atom. The molecule has 1 aromatic carbocycles. The molecule has 1 rings (SSSR count). The van der Waals surface area contributed by atoms with Crippen molar-refractivity contribution in [1.29, 1.82) is 0 Å². The van der Waals surface area contributed by atoms with Gasteiger partial charge in [-0.25, -0.2) is 0 Å². The topological polar surface area (TPSA) is 64.4 Å². The number of nitro groups is 1. The van der Waals surface area contributed by atoms with Crippen LogP contribution in [0, 0.1) is 10.1 Å². The first-order valence-corrected chi connectivity index (χ1v) is 5.51. The third kappa shape index (κ3) is 5.31.